The van der Waals surface area contributed by atoms with E-state index in [4.69, 9.17) is 23.2 Å². The van der Waals surface area contributed by atoms with E-state index in [9.17, 15) is 19.8 Å². The van der Waals surface area contributed by atoms with Gasteiger partial charge in [-0.05, 0) is 42.7 Å². The number of benzene rings is 2. The Morgan fingerprint density at radius 3 is 2.38 bits per heavy atom. The smallest absolute Gasteiger partial charge is 0.254 e. The molecule has 34 heavy (non-hydrogen) atoms. The molecule has 2 aromatic carbocycles. The highest BCUT2D eigenvalue weighted by Gasteiger charge is 2.23. The number of hydrogen-bond acceptors (Lipinski definition) is 6. The molecule has 0 aliphatic carbocycles. The van der Waals surface area contributed by atoms with Crippen LogP contribution in [0.25, 0.3) is 0 Å². The molecule has 0 aliphatic heterocycles. The number of carbonyl (C=O) groups excluding carboxylic acids is 2. The number of halogens is 2. The second-order valence-electron chi connectivity index (χ2n) is 7.51. The molecule has 0 radical (unpaired) electrons. The highest BCUT2D eigenvalue weighted by molar-refractivity contribution is 6.39. The standard InChI is InChI=1S/C23H25Cl2N5O4/c24-16-3-1-4-17(25)20(16)21(32)30-18(22(33)34)13-14-6-8-15(9-7-14)29-19(31)5-2-10-26-23-27-11-12-28-23/h1,3-4,6-9,11-12,18,22,33-34H,2,5,10,13H2,(H,29,31)(H,30,32)(H2,26,27,28)/t18-/m0/s1. The van der Waals surface area contributed by atoms with Gasteiger partial charge in [0, 0.05) is 31.0 Å². The first kappa shape index (κ1) is 25.5. The van der Waals surface area contributed by atoms with Gasteiger partial charge in [0.1, 0.15) is 0 Å². The number of nitrogens with one attached hydrogen (secondary N) is 4. The largest absolute Gasteiger partial charge is 0.366 e. The van der Waals surface area contributed by atoms with Gasteiger partial charge in [-0.15, -0.1) is 0 Å². The summed E-state index contributed by atoms with van der Waals surface area (Å²) < 4.78 is 0. The van der Waals surface area contributed by atoms with Crippen molar-refractivity contribution in [3.8, 4) is 0 Å². The van der Waals surface area contributed by atoms with Crippen LogP contribution in [0, 0.1) is 0 Å². The predicted molar refractivity (Wildman–Crippen MR) is 131 cm³/mol. The van der Waals surface area contributed by atoms with Gasteiger partial charge in [-0.3, -0.25) is 9.59 Å². The van der Waals surface area contributed by atoms with Crippen molar-refractivity contribution >= 4 is 46.7 Å². The molecule has 180 valence electrons. The highest BCUT2D eigenvalue weighted by Crippen LogP contribution is 2.24. The molecular weight excluding hydrogens is 481 g/mol. The van der Waals surface area contributed by atoms with Crippen molar-refractivity contribution in [2.24, 2.45) is 0 Å². The summed E-state index contributed by atoms with van der Waals surface area (Å²) in [6, 6.07) is 10.5. The minimum absolute atomic E-state index is 0.0638. The van der Waals surface area contributed by atoms with Crippen LogP contribution >= 0.6 is 23.2 Å². The number of aliphatic hydroxyl groups excluding tert-OH is 1. The lowest BCUT2D eigenvalue weighted by Gasteiger charge is -2.21. The normalized spacial score (nSPS) is 11.8. The lowest BCUT2D eigenvalue weighted by atomic mass is 10.0. The Labute approximate surface area is 206 Å². The fourth-order valence-electron chi connectivity index (χ4n) is 3.21. The zero-order valence-corrected chi connectivity index (χ0v) is 19.6. The van der Waals surface area contributed by atoms with Crippen LogP contribution in [-0.2, 0) is 11.2 Å². The van der Waals surface area contributed by atoms with Crippen molar-refractivity contribution in [1.29, 1.82) is 0 Å². The van der Waals surface area contributed by atoms with Gasteiger partial charge < -0.3 is 31.1 Å². The third-order valence-corrected chi connectivity index (χ3v) is 5.56. The van der Waals surface area contributed by atoms with E-state index in [1.54, 1.807) is 42.7 Å². The average Bonchev–Trinajstić information content (AvgIpc) is 3.31. The number of anilines is 2. The summed E-state index contributed by atoms with van der Waals surface area (Å²) in [4.78, 5) is 31.7. The van der Waals surface area contributed by atoms with E-state index in [1.165, 1.54) is 12.1 Å². The lowest BCUT2D eigenvalue weighted by molar-refractivity contribution is -0.116. The van der Waals surface area contributed by atoms with Crippen LogP contribution in [0.4, 0.5) is 11.6 Å². The third kappa shape index (κ3) is 7.46. The number of aromatic amines is 1. The molecule has 1 aromatic heterocycles. The molecule has 2 amide bonds. The Bertz CT molecular complexity index is 1070. The second kappa shape index (κ2) is 12.4. The van der Waals surface area contributed by atoms with Gasteiger partial charge in [-0.1, -0.05) is 41.4 Å². The van der Waals surface area contributed by atoms with Gasteiger partial charge in [-0.2, -0.15) is 0 Å². The number of hydrogen-bond donors (Lipinski definition) is 6. The van der Waals surface area contributed by atoms with Crippen LogP contribution in [0.1, 0.15) is 28.8 Å². The Balaban J connectivity index is 1.50. The van der Waals surface area contributed by atoms with Crippen molar-refractivity contribution in [2.45, 2.75) is 31.6 Å². The quantitative estimate of drug-likeness (QED) is 0.174. The fraction of sp³-hybridized carbons (Fsp3) is 0.261. The van der Waals surface area contributed by atoms with Crippen LogP contribution in [0.2, 0.25) is 10.0 Å². The minimum atomic E-state index is -1.81. The summed E-state index contributed by atoms with van der Waals surface area (Å²) in [6.45, 7) is 0.607. The van der Waals surface area contributed by atoms with Crippen molar-refractivity contribution in [2.75, 3.05) is 17.2 Å². The van der Waals surface area contributed by atoms with Crippen molar-refractivity contribution in [1.82, 2.24) is 15.3 Å². The van der Waals surface area contributed by atoms with Gasteiger partial charge in [-0.25, -0.2) is 4.98 Å². The molecule has 0 fully saturated rings. The maximum atomic E-state index is 12.6. The van der Waals surface area contributed by atoms with Crippen LogP contribution < -0.4 is 16.0 Å². The van der Waals surface area contributed by atoms with Gasteiger partial charge in [0.2, 0.25) is 5.91 Å². The van der Waals surface area contributed by atoms with E-state index < -0.39 is 18.2 Å². The molecule has 0 saturated heterocycles. The van der Waals surface area contributed by atoms with E-state index in [2.05, 4.69) is 25.9 Å². The monoisotopic (exact) mass is 505 g/mol. The zero-order valence-electron chi connectivity index (χ0n) is 18.1. The van der Waals surface area contributed by atoms with Crippen LogP contribution in [0.3, 0.4) is 0 Å². The predicted octanol–water partition coefficient (Wildman–Crippen LogP) is 3.20. The van der Waals surface area contributed by atoms with E-state index in [0.29, 0.717) is 31.0 Å². The van der Waals surface area contributed by atoms with Crippen molar-refractivity contribution in [3.05, 3.63) is 76.0 Å². The molecule has 0 unspecified atom stereocenters. The van der Waals surface area contributed by atoms with Gasteiger partial charge in [0.25, 0.3) is 5.91 Å². The maximum absolute atomic E-state index is 12.6. The topological polar surface area (TPSA) is 139 Å². The number of amides is 2. The van der Waals surface area contributed by atoms with Crippen LogP contribution in [0.5, 0.6) is 0 Å². The highest BCUT2D eigenvalue weighted by atomic mass is 35.5. The van der Waals surface area contributed by atoms with Crippen molar-refractivity contribution < 1.29 is 19.8 Å². The molecule has 0 bridgehead atoms. The number of H-pyrrole nitrogens is 1. The Morgan fingerprint density at radius 2 is 1.76 bits per heavy atom. The molecule has 0 spiro atoms. The Morgan fingerprint density at radius 1 is 1.06 bits per heavy atom. The van der Waals surface area contributed by atoms with E-state index in [-0.39, 0.29) is 27.9 Å². The second-order valence-corrected chi connectivity index (χ2v) is 8.32. The first-order chi connectivity index (χ1) is 16.3. The summed E-state index contributed by atoms with van der Waals surface area (Å²) in [5.74, 6) is -0.0749. The minimum Gasteiger partial charge on any atom is -0.366 e. The van der Waals surface area contributed by atoms with Crippen LogP contribution in [0.15, 0.2) is 54.9 Å². The van der Waals surface area contributed by atoms with E-state index >= 15 is 0 Å². The molecule has 0 aliphatic rings. The van der Waals surface area contributed by atoms with Gasteiger partial charge in [0.15, 0.2) is 12.2 Å². The summed E-state index contributed by atoms with van der Waals surface area (Å²) in [7, 11) is 0. The summed E-state index contributed by atoms with van der Waals surface area (Å²) in [6.07, 6.45) is 2.66. The molecule has 0 saturated carbocycles. The number of rotatable bonds is 11. The number of nitrogens with zero attached hydrogens (tertiary/aromatic N) is 1. The number of imidazole rings is 1. The lowest BCUT2D eigenvalue weighted by Crippen LogP contribution is -2.45. The number of carbonyl (C=O) groups is 2. The molecule has 3 aromatic rings. The summed E-state index contributed by atoms with van der Waals surface area (Å²) in [5, 5.41) is 28.3. The van der Waals surface area contributed by atoms with Gasteiger partial charge >= 0.3 is 0 Å². The molecule has 1 atom stereocenters. The number of aliphatic hydroxyl groups is 2. The molecule has 6 N–H and O–H groups in total. The van der Waals surface area contributed by atoms with E-state index in [0.717, 1.165) is 5.56 Å². The molecule has 1 heterocycles. The van der Waals surface area contributed by atoms with Gasteiger partial charge in [0.05, 0.1) is 21.7 Å². The van der Waals surface area contributed by atoms with E-state index in [1.807, 2.05) is 0 Å². The molecular formula is C23H25Cl2N5O4. The molecule has 3 rings (SSSR count). The summed E-state index contributed by atoms with van der Waals surface area (Å²) >= 11 is 12.1. The molecule has 11 heteroatoms. The first-order valence-corrected chi connectivity index (χ1v) is 11.3. The third-order valence-electron chi connectivity index (χ3n) is 4.93. The van der Waals surface area contributed by atoms with Crippen molar-refractivity contribution in [3.63, 3.8) is 0 Å². The Kier molecular flexibility index (Phi) is 9.29. The Hall–Kier alpha value is -3.11. The zero-order chi connectivity index (χ0) is 24.5. The SMILES string of the molecule is O=C(CCCNc1ncc[nH]1)Nc1ccc(C[C@H](NC(=O)c2c(Cl)cccc2Cl)C(O)O)cc1. The fourth-order valence-corrected chi connectivity index (χ4v) is 3.77. The van der Waals surface area contributed by atoms with Crippen LogP contribution in [-0.4, -0.2) is 50.9 Å². The number of aromatic nitrogens is 2. The summed E-state index contributed by atoms with van der Waals surface area (Å²) in [5.41, 5.74) is 1.40. The average molecular weight is 506 g/mol. The first-order valence-electron chi connectivity index (χ1n) is 10.6. The maximum Gasteiger partial charge on any atom is 0.254 e. The molecule has 9 nitrogen and oxygen atoms in total.